The molecule has 2 saturated carbocycles. The maximum Gasteiger partial charge on any atom is 0.411 e. The van der Waals surface area contributed by atoms with E-state index in [1.54, 1.807) is 12.4 Å². The Morgan fingerprint density at radius 3 is 2.68 bits per heavy atom. The highest BCUT2D eigenvalue weighted by atomic mass is 16.6. The average molecular weight is 496 g/mol. The van der Waals surface area contributed by atoms with E-state index in [2.05, 4.69) is 25.9 Å². The SMILES string of the molecule is CC(OC(=O)Nc1ccc(-c2c(C#N)c3ccc(OCc4ncc[nH]4)cc3n2C2CCC2)cc1)C1CC1. The Morgan fingerprint density at radius 1 is 1.22 bits per heavy atom. The molecular weight excluding hydrogens is 466 g/mol. The molecule has 8 nitrogen and oxygen atoms in total. The number of ether oxygens (including phenoxy) is 2. The third-order valence-corrected chi connectivity index (χ3v) is 7.44. The number of nitriles is 1. The molecule has 2 N–H and O–H groups in total. The molecule has 0 radical (unpaired) electrons. The Hall–Kier alpha value is -4.25. The number of nitrogens with zero attached hydrogens (tertiary/aromatic N) is 3. The number of benzene rings is 2. The molecule has 8 heteroatoms. The topological polar surface area (TPSA) is 105 Å². The zero-order valence-electron chi connectivity index (χ0n) is 20.7. The zero-order valence-corrected chi connectivity index (χ0v) is 20.7. The van der Waals surface area contributed by atoms with Crippen molar-refractivity contribution >= 4 is 22.7 Å². The number of hydrogen-bond donors (Lipinski definition) is 2. The van der Waals surface area contributed by atoms with Crippen molar-refractivity contribution in [1.29, 1.82) is 5.26 Å². The van der Waals surface area contributed by atoms with E-state index < -0.39 is 6.09 Å². The molecule has 2 aromatic heterocycles. The molecular formula is C29H29N5O3. The van der Waals surface area contributed by atoms with Gasteiger partial charge in [-0.1, -0.05) is 12.1 Å². The van der Waals surface area contributed by atoms with Crippen molar-refractivity contribution in [1.82, 2.24) is 14.5 Å². The van der Waals surface area contributed by atoms with E-state index in [1.165, 1.54) is 6.42 Å². The maximum absolute atomic E-state index is 12.3. The number of anilines is 1. The molecule has 0 saturated heterocycles. The molecule has 4 aromatic rings. The van der Waals surface area contributed by atoms with Crippen LogP contribution < -0.4 is 10.1 Å². The van der Waals surface area contributed by atoms with Crippen molar-refractivity contribution in [2.45, 2.75) is 57.8 Å². The first-order valence-electron chi connectivity index (χ1n) is 12.9. The van der Waals surface area contributed by atoms with Gasteiger partial charge >= 0.3 is 6.09 Å². The second-order valence-electron chi connectivity index (χ2n) is 9.94. The number of carbonyl (C=O) groups excluding carboxylic acids is 1. The lowest BCUT2D eigenvalue weighted by molar-refractivity contribution is 0.108. The van der Waals surface area contributed by atoms with Gasteiger partial charge in [0.05, 0.1) is 16.8 Å². The standard InChI is InChI=1S/C29H29N5O3/c1-18(19-5-6-19)37-29(35)33-21-9-7-20(8-10-21)28-25(16-30)24-12-11-23(36-17-27-31-13-14-32-27)15-26(24)34(28)22-3-2-4-22/h7-15,18-19,22H,2-6,17H2,1H3,(H,31,32)(H,33,35). The summed E-state index contributed by atoms with van der Waals surface area (Å²) in [7, 11) is 0. The van der Waals surface area contributed by atoms with E-state index in [0.29, 0.717) is 29.8 Å². The third kappa shape index (κ3) is 4.65. The van der Waals surface area contributed by atoms with Crippen molar-refractivity contribution in [3.63, 3.8) is 0 Å². The lowest BCUT2D eigenvalue weighted by atomic mass is 9.92. The molecule has 37 heavy (non-hydrogen) atoms. The molecule has 2 aromatic carbocycles. The predicted octanol–water partition coefficient (Wildman–Crippen LogP) is 6.55. The van der Waals surface area contributed by atoms with E-state index >= 15 is 0 Å². The molecule has 188 valence electrons. The van der Waals surface area contributed by atoms with E-state index in [0.717, 1.165) is 59.4 Å². The minimum absolute atomic E-state index is 0.0661. The van der Waals surface area contributed by atoms with Gasteiger partial charge < -0.3 is 19.0 Å². The van der Waals surface area contributed by atoms with Crippen LogP contribution in [0.25, 0.3) is 22.2 Å². The summed E-state index contributed by atoms with van der Waals surface area (Å²) in [4.78, 5) is 19.6. The second kappa shape index (κ2) is 9.66. The van der Waals surface area contributed by atoms with Crippen LogP contribution in [-0.2, 0) is 11.3 Å². The van der Waals surface area contributed by atoms with Crippen molar-refractivity contribution in [2.24, 2.45) is 5.92 Å². The van der Waals surface area contributed by atoms with Crippen LogP contribution >= 0.6 is 0 Å². The number of imidazole rings is 1. The van der Waals surface area contributed by atoms with Crippen molar-refractivity contribution in [3.05, 3.63) is 66.2 Å². The summed E-state index contributed by atoms with van der Waals surface area (Å²) >= 11 is 0. The number of aromatic amines is 1. The fourth-order valence-corrected chi connectivity index (χ4v) is 5.02. The van der Waals surface area contributed by atoms with Crippen LogP contribution in [0.4, 0.5) is 10.5 Å². The van der Waals surface area contributed by atoms with Gasteiger partial charge in [-0.25, -0.2) is 9.78 Å². The van der Waals surface area contributed by atoms with Gasteiger partial charge in [0.1, 0.15) is 30.4 Å². The summed E-state index contributed by atoms with van der Waals surface area (Å²) in [6.07, 6.45) is 8.53. The van der Waals surface area contributed by atoms with Crippen LogP contribution in [0.3, 0.4) is 0 Å². The minimum Gasteiger partial charge on any atom is -0.486 e. The van der Waals surface area contributed by atoms with Crippen LogP contribution in [0.1, 0.15) is 56.5 Å². The van der Waals surface area contributed by atoms with E-state index in [9.17, 15) is 10.1 Å². The summed E-state index contributed by atoms with van der Waals surface area (Å²) < 4.78 is 13.8. The number of aromatic nitrogens is 3. The second-order valence-corrected chi connectivity index (χ2v) is 9.94. The lowest BCUT2D eigenvalue weighted by Gasteiger charge is -2.30. The molecule has 2 aliphatic carbocycles. The van der Waals surface area contributed by atoms with E-state index in [-0.39, 0.29) is 6.10 Å². The highest BCUT2D eigenvalue weighted by Crippen LogP contribution is 2.43. The van der Waals surface area contributed by atoms with Crippen LogP contribution in [0.15, 0.2) is 54.9 Å². The number of carbonyl (C=O) groups is 1. The average Bonchev–Trinajstić information content (AvgIpc) is 3.51. The fourth-order valence-electron chi connectivity index (χ4n) is 5.02. The van der Waals surface area contributed by atoms with E-state index in [1.807, 2.05) is 49.4 Å². The van der Waals surface area contributed by atoms with Crippen LogP contribution in [0, 0.1) is 17.2 Å². The highest BCUT2D eigenvalue weighted by molar-refractivity contribution is 5.96. The summed E-state index contributed by atoms with van der Waals surface area (Å²) in [6, 6.07) is 16.3. The van der Waals surface area contributed by atoms with Gasteiger partial charge in [0.15, 0.2) is 0 Å². The maximum atomic E-state index is 12.3. The fraction of sp³-hybridized carbons (Fsp3) is 0.345. The normalized spacial score (nSPS) is 16.1. The first-order valence-corrected chi connectivity index (χ1v) is 12.9. The smallest absolute Gasteiger partial charge is 0.411 e. The van der Waals surface area contributed by atoms with E-state index in [4.69, 9.17) is 9.47 Å². The predicted molar refractivity (Wildman–Crippen MR) is 140 cm³/mol. The van der Waals surface area contributed by atoms with Gasteiger partial charge in [-0.05, 0) is 74.8 Å². The molecule has 2 aliphatic rings. The third-order valence-electron chi connectivity index (χ3n) is 7.44. The lowest BCUT2D eigenvalue weighted by Crippen LogP contribution is -2.21. The van der Waals surface area contributed by atoms with Crippen LogP contribution in [0.5, 0.6) is 5.75 Å². The van der Waals surface area contributed by atoms with Gasteiger partial charge in [-0.15, -0.1) is 0 Å². The minimum atomic E-state index is -0.435. The summed E-state index contributed by atoms with van der Waals surface area (Å²) in [5.74, 6) is 1.98. The molecule has 1 unspecified atom stereocenters. The molecule has 0 bridgehead atoms. The summed E-state index contributed by atoms with van der Waals surface area (Å²) in [5.41, 5.74) is 4.14. The largest absolute Gasteiger partial charge is 0.486 e. The van der Waals surface area contributed by atoms with Gasteiger partial charge in [0, 0.05) is 35.6 Å². The highest BCUT2D eigenvalue weighted by Gasteiger charge is 2.31. The number of amides is 1. The summed E-state index contributed by atoms with van der Waals surface area (Å²) in [6.45, 7) is 2.29. The van der Waals surface area contributed by atoms with Crippen LogP contribution in [-0.4, -0.2) is 26.7 Å². The summed E-state index contributed by atoms with van der Waals surface area (Å²) in [5, 5.41) is 13.9. The molecule has 2 fully saturated rings. The molecule has 2 heterocycles. The Kier molecular flexibility index (Phi) is 6.05. The van der Waals surface area contributed by atoms with Gasteiger partial charge in [-0.2, -0.15) is 5.26 Å². The molecule has 6 rings (SSSR count). The Balaban J connectivity index is 1.30. The molecule has 0 spiro atoms. The Labute approximate surface area is 215 Å². The van der Waals surface area contributed by atoms with Crippen molar-refractivity contribution in [2.75, 3.05) is 5.32 Å². The number of H-pyrrole nitrogens is 1. The number of hydrogen-bond acceptors (Lipinski definition) is 5. The van der Waals surface area contributed by atoms with Gasteiger partial charge in [-0.3, -0.25) is 5.32 Å². The van der Waals surface area contributed by atoms with Crippen molar-refractivity contribution in [3.8, 4) is 23.1 Å². The zero-order chi connectivity index (χ0) is 25.4. The Bertz CT molecular complexity index is 1460. The first kappa shape index (κ1) is 23.2. The Morgan fingerprint density at radius 2 is 2.03 bits per heavy atom. The van der Waals surface area contributed by atoms with Crippen molar-refractivity contribution < 1.29 is 14.3 Å². The first-order chi connectivity index (χ1) is 18.1. The van der Waals surface area contributed by atoms with Gasteiger partial charge in [0.2, 0.25) is 0 Å². The monoisotopic (exact) mass is 495 g/mol. The number of nitrogens with one attached hydrogen (secondary N) is 2. The number of fused-ring (bicyclic) bond motifs is 1. The molecule has 0 aliphatic heterocycles. The van der Waals surface area contributed by atoms with Gasteiger partial charge in [0.25, 0.3) is 0 Å². The quantitative estimate of drug-likeness (QED) is 0.288. The van der Waals surface area contributed by atoms with Crippen LogP contribution in [0.2, 0.25) is 0 Å². The molecule has 1 amide bonds. The number of rotatable bonds is 8. The molecule has 1 atom stereocenters.